The molecule has 1 aliphatic rings. The van der Waals surface area contributed by atoms with Crippen LogP contribution >= 0.6 is 0 Å². The van der Waals surface area contributed by atoms with Crippen LogP contribution in [-0.4, -0.2) is 35.0 Å². The highest BCUT2D eigenvalue weighted by atomic mass is 19.1. The van der Waals surface area contributed by atoms with E-state index in [1.165, 1.54) is 17.0 Å². The Morgan fingerprint density at radius 1 is 1.41 bits per heavy atom. The highest BCUT2D eigenvalue weighted by Crippen LogP contribution is 2.22. The van der Waals surface area contributed by atoms with Gasteiger partial charge in [-0.25, -0.2) is 4.39 Å². The number of likely N-dealkylation sites (tertiary alicyclic amines) is 1. The Labute approximate surface area is 96.6 Å². The Morgan fingerprint density at radius 3 is 2.65 bits per heavy atom. The summed E-state index contributed by atoms with van der Waals surface area (Å²) >= 11 is 0. The second-order valence-electron chi connectivity index (χ2n) is 3.98. The normalized spacial score (nSPS) is 15.5. The number of nitrogens with two attached hydrogens (primary N) is 1. The number of rotatable bonds is 2. The van der Waals surface area contributed by atoms with E-state index in [1.807, 2.05) is 0 Å². The molecule has 0 saturated carbocycles. The van der Waals surface area contributed by atoms with Crippen molar-refractivity contribution in [2.24, 2.45) is 5.92 Å². The van der Waals surface area contributed by atoms with Crippen LogP contribution in [0.2, 0.25) is 0 Å². The number of hydrogen-bond acceptors (Lipinski definition) is 3. The summed E-state index contributed by atoms with van der Waals surface area (Å²) in [6.07, 6.45) is 0. The van der Waals surface area contributed by atoms with Crippen molar-refractivity contribution >= 4 is 17.6 Å². The zero-order valence-corrected chi connectivity index (χ0v) is 8.89. The lowest BCUT2D eigenvalue weighted by Gasteiger charge is -2.36. The number of carboxylic acid groups (broad SMARTS) is 1. The number of benzene rings is 1. The van der Waals surface area contributed by atoms with E-state index < -0.39 is 23.6 Å². The zero-order chi connectivity index (χ0) is 12.6. The number of hydrogen-bond donors (Lipinski definition) is 2. The molecule has 1 aromatic carbocycles. The number of anilines is 1. The Balaban J connectivity index is 2.11. The molecule has 2 rings (SSSR count). The highest BCUT2D eigenvalue weighted by molar-refractivity contribution is 6.00. The molecule has 90 valence electrons. The summed E-state index contributed by atoms with van der Waals surface area (Å²) in [5.41, 5.74) is 5.84. The number of carboxylic acids is 1. The molecule has 17 heavy (non-hydrogen) atoms. The molecule has 3 N–H and O–H groups in total. The monoisotopic (exact) mass is 238 g/mol. The first kappa shape index (κ1) is 11.4. The predicted molar refractivity (Wildman–Crippen MR) is 57.8 cm³/mol. The van der Waals surface area contributed by atoms with Crippen LogP contribution in [0, 0.1) is 11.7 Å². The van der Waals surface area contributed by atoms with Gasteiger partial charge in [0.05, 0.1) is 11.5 Å². The summed E-state index contributed by atoms with van der Waals surface area (Å²) in [5.74, 6) is -2.44. The molecule has 0 radical (unpaired) electrons. The molecular formula is C11H11FN2O3. The van der Waals surface area contributed by atoms with Crippen LogP contribution in [0.25, 0.3) is 0 Å². The third kappa shape index (κ3) is 2.06. The number of carbonyl (C=O) groups excluding carboxylic acids is 1. The fraction of sp³-hybridized carbons (Fsp3) is 0.273. The number of amides is 1. The molecule has 0 atom stereocenters. The topological polar surface area (TPSA) is 83.6 Å². The van der Waals surface area contributed by atoms with E-state index in [4.69, 9.17) is 10.8 Å². The Kier molecular flexibility index (Phi) is 2.71. The number of aliphatic carboxylic acids is 1. The van der Waals surface area contributed by atoms with Gasteiger partial charge in [-0.3, -0.25) is 9.59 Å². The first-order valence-electron chi connectivity index (χ1n) is 5.06. The largest absolute Gasteiger partial charge is 0.481 e. The van der Waals surface area contributed by atoms with Crippen LogP contribution in [0.15, 0.2) is 18.2 Å². The van der Waals surface area contributed by atoms with Gasteiger partial charge in [0.2, 0.25) is 0 Å². The summed E-state index contributed by atoms with van der Waals surface area (Å²) in [6, 6.07) is 3.55. The van der Waals surface area contributed by atoms with Gasteiger partial charge in [-0.2, -0.15) is 0 Å². The van der Waals surface area contributed by atoms with Crippen LogP contribution in [0.5, 0.6) is 0 Å². The van der Waals surface area contributed by atoms with E-state index in [-0.39, 0.29) is 24.3 Å². The third-order valence-electron chi connectivity index (χ3n) is 2.76. The maximum absolute atomic E-state index is 13.0. The molecule has 0 unspecified atom stereocenters. The summed E-state index contributed by atoms with van der Waals surface area (Å²) in [6.45, 7) is 0.286. The van der Waals surface area contributed by atoms with E-state index in [0.717, 1.165) is 6.07 Å². The first-order valence-corrected chi connectivity index (χ1v) is 5.06. The Morgan fingerprint density at radius 2 is 2.06 bits per heavy atom. The maximum Gasteiger partial charge on any atom is 0.310 e. The first-order chi connectivity index (χ1) is 7.99. The van der Waals surface area contributed by atoms with Gasteiger partial charge in [0.1, 0.15) is 5.82 Å². The summed E-state index contributed by atoms with van der Waals surface area (Å²) in [5, 5.41) is 8.68. The average Bonchev–Trinajstić information content (AvgIpc) is 2.18. The predicted octanol–water partition coefficient (Wildman–Crippen LogP) is 0.565. The Hall–Kier alpha value is -2.11. The van der Waals surface area contributed by atoms with Gasteiger partial charge < -0.3 is 15.7 Å². The van der Waals surface area contributed by atoms with Crippen LogP contribution < -0.4 is 5.73 Å². The molecular weight excluding hydrogens is 227 g/mol. The molecule has 1 aromatic rings. The fourth-order valence-corrected chi connectivity index (χ4v) is 1.68. The molecule has 0 aliphatic carbocycles. The van der Waals surface area contributed by atoms with Crippen LogP contribution in [-0.2, 0) is 4.79 Å². The van der Waals surface area contributed by atoms with Crippen molar-refractivity contribution in [2.75, 3.05) is 18.8 Å². The molecule has 1 aliphatic heterocycles. The lowest BCUT2D eigenvalue weighted by molar-refractivity contribution is -0.146. The molecule has 0 bridgehead atoms. The molecule has 1 saturated heterocycles. The van der Waals surface area contributed by atoms with E-state index in [2.05, 4.69) is 0 Å². The minimum Gasteiger partial charge on any atom is -0.481 e. The van der Waals surface area contributed by atoms with Crippen molar-refractivity contribution in [3.05, 3.63) is 29.6 Å². The second kappa shape index (κ2) is 4.04. The lowest BCUT2D eigenvalue weighted by atomic mass is 9.99. The summed E-state index contributed by atoms with van der Waals surface area (Å²) < 4.78 is 13.0. The summed E-state index contributed by atoms with van der Waals surface area (Å²) in [7, 11) is 0. The third-order valence-corrected chi connectivity index (χ3v) is 2.76. The van der Waals surface area contributed by atoms with Crippen molar-refractivity contribution in [3.8, 4) is 0 Å². The van der Waals surface area contributed by atoms with Crippen molar-refractivity contribution < 1.29 is 19.1 Å². The highest BCUT2D eigenvalue weighted by Gasteiger charge is 2.36. The standard InChI is InChI=1S/C11H11FN2O3/c12-7-1-2-9(13)8(3-7)10(15)14-4-6(5-14)11(16)17/h1-3,6H,4-5,13H2,(H,16,17). The lowest BCUT2D eigenvalue weighted by Crippen LogP contribution is -2.53. The molecule has 1 amide bonds. The van der Waals surface area contributed by atoms with Crippen LogP contribution in [0.1, 0.15) is 10.4 Å². The van der Waals surface area contributed by atoms with Crippen molar-refractivity contribution in [1.29, 1.82) is 0 Å². The quantitative estimate of drug-likeness (QED) is 0.737. The second-order valence-corrected chi connectivity index (χ2v) is 3.98. The van der Waals surface area contributed by atoms with Crippen molar-refractivity contribution in [2.45, 2.75) is 0 Å². The number of halogens is 1. The van der Waals surface area contributed by atoms with E-state index in [9.17, 15) is 14.0 Å². The minimum atomic E-state index is -0.929. The molecule has 5 nitrogen and oxygen atoms in total. The van der Waals surface area contributed by atoms with Crippen molar-refractivity contribution in [1.82, 2.24) is 4.90 Å². The van der Waals surface area contributed by atoms with Crippen molar-refractivity contribution in [3.63, 3.8) is 0 Å². The fourth-order valence-electron chi connectivity index (χ4n) is 1.68. The van der Waals surface area contributed by atoms with E-state index in [0.29, 0.717) is 0 Å². The molecule has 1 fully saturated rings. The SMILES string of the molecule is Nc1ccc(F)cc1C(=O)N1CC(C(=O)O)C1. The average molecular weight is 238 g/mol. The number of carbonyl (C=O) groups is 2. The van der Waals surface area contributed by atoms with E-state index in [1.54, 1.807) is 0 Å². The van der Waals surface area contributed by atoms with Gasteiger partial charge in [-0.15, -0.1) is 0 Å². The zero-order valence-electron chi connectivity index (χ0n) is 8.89. The summed E-state index contributed by atoms with van der Waals surface area (Å²) in [4.78, 5) is 23.8. The molecule has 6 heteroatoms. The maximum atomic E-state index is 13.0. The minimum absolute atomic E-state index is 0.0776. The number of nitrogens with zero attached hydrogens (tertiary/aromatic N) is 1. The van der Waals surface area contributed by atoms with Crippen LogP contribution in [0.4, 0.5) is 10.1 Å². The van der Waals surface area contributed by atoms with Gasteiger partial charge in [-0.05, 0) is 18.2 Å². The molecule has 1 heterocycles. The van der Waals surface area contributed by atoms with Gasteiger partial charge in [-0.1, -0.05) is 0 Å². The van der Waals surface area contributed by atoms with Gasteiger partial charge >= 0.3 is 5.97 Å². The van der Waals surface area contributed by atoms with Gasteiger partial charge in [0, 0.05) is 18.8 Å². The van der Waals surface area contributed by atoms with Gasteiger partial charge in [0.15, 0.2) is 0 Å². The Bertz CT molecular complexity index is 484. The van der Waals surface area contributed by atoms with Gasteiger partial charge in [0.25, 0.3) is 5.91 Å². The number of nitrogen functional groups attached to an aromatic ring is 1. The smallest absolute Gasteiger partial charge is 0.310 e. The van der Waals surface area contributed by atoms with Crippen LogP contribution in [0.3, 0.4) is 0 Å². The molecule has 0 aromatic heterocycles. The van der Waals surface area contributed by atoms with E-state index >= 15 is 0 Å². The molecule has 0 spiro atoms.